The quantitative estimate of drug-likeness (QED) is 0.896. The number of anilines is 3. The minimum Gasteiger partial charge on any atom is -0.394 e. The fourth-order valence-corrected chi connectivity index (χ4v) is 1.78. The Balaban J connectivity index is 2.34. The molecule has 0 saturated carbocycles. The highest BCUT2D eigenvalue weighted by molar-refractivity contribution is 9.10. The van der Waals surface area contributed by atoms with Gasteiger partial charge in [0.2, 0.25) is 0 Å². The van der Waals surface area contributed by atoms with Gasteiger partial charge in [0.05, 0.1) is 15.9 Å². The number of benzene rings is 1. The van der Waals surface area contributed by atoms with Gasteiger partial charge in [0.15, 0.2) is 5.82 Å². The van der Waals surface area contributed by atoms with Crippen molar-refractivity contribution >= 4 is 33.1 Å². The minimum absolute atomic E-state index is 0.326. The number of nitrogen functional groups attached to an aromatic ring is 1. The Morgan fingerprint density at radius 2 is 2.18 bits per heavy atom. The lowest BCUT2D eigenvalue weighted by atomic mass is 10.3. The van der Waals surface area contributed by atoms with Crippen molar-refractivity contribution in [3.05, 3.63) is 34.2 Å². The molecule has 0 bridgehead atoms. The summed E-state index contributed by atoms with van der Waals surface area (Å²) in [6.07, 6.45) is 0. The minimum atomic E-state index is -0.326. The molecular formula is C11H12BrFN4. The maximum atomic E-state index is 13.3. The van der Waals surface area contributed by atoms with Crippen LogP contribution in [0.1, 0.15) is 5.69 Å². The lowest BCUT2D eigenvalue weighted by Gasteiger charge is -2.08. The van der Waals surface area contributed by atoms with E-state index in [1.165, 1.54) is 6.07 Å². The van der Waals surface area contributed by atoms with Gasteiger partial charge >= 0.3 is 0 Å². The van der Waals surface area contributed by atoms with Gasteiger partial charge in [0.25, 0.3) is 0 Å². The zero-order valence-corrected chi connectivity index (χ0v) is 11.0. The van der Waals surface area contributed by atoms with Crippen LogP contribution in [0.5, 0.6) is 0 Å². The molecule has 3 N–H and O–H groups in total. The Morgan fingerprint density at radius 3 is 2.71 bits per heavy atom. The van der Waals surface area contributed by atoms with Crippen LogP contribution in [0, 0.1) is 12.7 Å². The Morgan fingerprint density at radius 1 is 1.47 bits per heavy atom. The molecule has 4 nitrogen and oxygen atoms in total. The molecular weight excluding hydrogens is 287 g/mol. The summed E-state index contributed by atoms with van der Waals surface area (Å²) in [5, 5.41) is 7.22. The van der Waals surface area contributed by atoms with E-state index >= 15 is 0 Å². The summed E-state index contributed by atoms with van der Waals surface area (Å²) in [5.74, 6) is 0.330. The maximum Gasteiger partial charge on any atom is 0.152 e. The summed E-state index contributed by atoms with van der Waals surface area (Å²) >= 11 is 3.10. The van der Waals surface area contributed by atoms with Crippen molar-refractivity contribution in [1.29, 1.82) is 0 Å². The van der Waals surface area contributed by atoms with Gasteiger partial charge < -0.3 is 11.1 Å². The fourth-order valence-electron chi connectivity index (χ4n) is 1.53. The molecule has 17 heavy (non-hydrogen) atoms. The van der Waals surface area contributed by atoms with Crippen LogP contribution < -0.4 is 11.1 Å². The van der Waals surface area contributed by atoms with E-state index < -0.39 is 0 Å². The molecule has 2 aromatic rings. The van der Waals surface area contributed by atoms with Crippen LogP contribution in [-0.2, 0) is 7.05 Å². The third-order valence-electron chi connectivity index (χ3n) is 2.45. The lowest BCUT2D eigenvalue weighted by molar-refractivity contribution is 0.621. The number of nitrogens with zero attached hydrogens (tertiary/aromatic N) is 2. The van der Waals surface area contributed by atoms with E-state index in [1.807, 2.05) is 6.92 Å². The van der Waals surface area contributed by atoms with E-state index in [4.69, 9.17) is 5.73 Å². The van der Waals surface area contributed by atoms with Gasteiger partial charge in [-0.1, -0.05) is 0 Å². The highest BCUT2D eigenvalue weighted by atomic mass is 79.9. The first-order chi connectivity index (χ1) is 7.99. The second-order valence-corrected chi connectivity index (χ2v) is 4.58. The molecule has 6 heteroatoms. The number of halogens is 2. The van der Waals surface area contributed by atoms with Crippen molar-refractivity contribution in [3.63, 3.8) is 0 Å². The smallest absolute Gasteiger partial charge is 0.152 e. The van der Waals surface area contributed by atoms with Crippen LogP contribution in [0.15, 0.2) is 22.7 Å². The van der Waals surface area contributed by atoms with Gasteiger partial charge in [0, 0.05) is 12.7 Å². The van der Waals surface area contributed by atoms with Crippen molar-refractivity contribution in [2.24, 2.45) is 7.05 Å². The zero-order valence-electron chi connectivity index (χ0n) is 9.46. The van der Waals surface area contributed by atoms with Crippen molar-refractivity contribution in [3.8, 4) is 0 Å². The van der Waals surface area contributed by atoms with Crippen molar-refractivity contribution in [1.82, 2.24) is 9.78 Å². The van der Waals surface area contributed by atoms with E-state index in [9.17, 15) is 4.39 Å². The number of aryl methyl sites for hydroxylation is 2. The van der Waals surface area contributed by atoms with Crippen molar-refractivity contribution in [2.75, 3.05) is 11.1 Å². The molecule has 1 heterocycles. The topological polar surface area (TPSA) is 55.9 Å². The average Bonchev–Trinajstić information content (AvgIpc) is 2.50. The summed E-state index contributed by atoms with van der Waals surface area (Å²) in [5.41, 5.74) is 7.80. The molecule has 1 aromatic carbocycles. The monoisotopic (exact) mass is 298 g/mol. The molecule has 0 spiro atoms. The van der Waals surface area contributed by atoms with E-state index in [0.717, 1.165) is 5.69 Å². The highest BCUT2D eigenvalue weighted by Gasteiger charge is 2.10. The normalized spacial score (nSPS) is 10.6. The summed E-state index contributed by atoms with van der Waals surface area (Å²) in [7, 11) is 1.78. The Hall–Kier alpha value is -1.56. The van der Waals surface area contributed by atoms with Crippen LogP contribution >= 0.6 is 15.9 Å². The molecule has 0 atom stereocenters. The molecule has 0 aliphatic rings. The number of rotatable bonds is 2. The third-order valence-corrected chi connectivity index (χ3v) is 3.09. The standard InChI is InChI=1S/C11H12BrFN4/c1-6-10(14)11(17(2)16-6)15-7-3-4-8(12)9(13)5-7/h3-5,15H,14H2,1-2H3. The molecule has 2 rings (SSSR count). The molecule has 0 fully saturated rings. The Kier molecular flexibility index (Phi) is 3.06. The number of nitrogens with one attached hydrogen (secondary N) is 1. The van der Waals surface area contributed by atoms with Crippen LogP contribution in [0.2, 0.25) is 0 Å². The molecule has 0 radical (unpaired) electrons. The predicted octanol–water partition coefficient (Wildman–Crippen LogP) is 2.96. The van der Waals surface area contributed by atoms with E-state index in [0.29, 0.717) is 21.7 Å². The second kappa shape index (κ2) is 4.37. The molecule has 0 aliphatic carbocycles. The van der Waals surface area contributed by atoms with Crippen LogP contribution in [0.25, 0.3) is 0 Å². The Labute approximate surface area is 107 Å². The first-order valence-electron chi connectivity index (χ1n) is 5.00. The summed E-state index contributed by atoms with van der Waals surface area (Å²) in [4.78, 5) is 0. The zero-order chi connectivity index (χ0) is 12.6. The molecule has 1 aromatic heterocycles. The summed E-state index contributed by atoms with van der Waals surface area (Å²) in [6.45, 7) is 1.82. The maximum absolute atomic E-state index is 13.3. The first kappa shape index (κ1) is 11.9. The summed E-state index contributed by atoms with van der Waals surface area (Å²) in [6, 6.07) is 4.79. The fraction of sp³-hybridized carbons (Fsp3) is 0.182. The number of aromatic nitrogens is 2. The van der Waals surface area contributed by atoms with Crippen LogP contribution in [-0.4, -0.2) is 9.78 Å². The van der Waals surface area contributed by atoms with Gasteiger partial charge in [-0.05, 0) is 41.1 Å². The lowest BCUT2D eigenvalue weighted by Crippen LogP contribution is -2.01. The first-order valence-corrected chi connectivity index (χ1v) is 5.79. The van der Waals surface area contributed by atoms with E-state index in [1.54, 1.807) is 23.9 Å². The van der Waals surface area contributed by atoms with Gasteiger partial charge in [-0.15, -0.1) is 0 Å². The largest absolute Gasteiger partial charge is 0.394 e. The molecule has 0 aliphatic heterocycles. The molecule has 90 valence electrons. The predicted molar refractivity (Wildman–Crippen MR) is 69.7 cm³/mol. The Bertz CT molecular complexity index is 565. The van der Waals surface area contributed by atoms with Gasteiger partial charge in [0.1, 0.15) is 5.82 Å². The number of hydrogen-bond donors (Lipinski definition) is 2. The van der Waals surface area contributed by atoms with Gasteiger partial charge in [-0.25, -0.2) is 4.39 Å². The van der Waals surface area contributed by atoms with Crippen molar-refractivity contribution < 1.29 is 4.39 Å². The number of nitrogens with two attached hydrogens (primary N) is 1. The van der Waals surface area contributed by atoms with Gasteiger partial charge in [-0.3, -0.25) is 4.68 Å². The van der Waals surface area contributed by atoms with Crippen molar-refractivity contribution in [2.45, 2.75) is 6.92 Å². The average molecular weight is 299 g/mol. The van der Waals surface area contributed by atoms with Gasteiger partial charge in [-0.2, -0.15) is 5.10 Å². The SMILES string of the molecule is Cc1nn(C)c(Nc2ccc(Br)c(F)c2)c1N. The van der Waals surface area contributed by atoms with Crippen LogP contribution in [0.3, 0.4) is 0 Å². The van der Waals surface area contributed by atoms with E-state index in [2.05, 4.69) is 26.3 Å². The molecule has 0 amide bonds. The second-order valence-electron chi connectivity index (χ2n) is 3.73. The number of hydrogen-bond acceptors (Lipinski definition) is 3. The third kappa shape index (κ3) is 2.26. The van der Waals surface area contributed by atoms with Crippen LogP contribution in [0.4, 0.5) is 21.6 Å². The van der Waals surface area contributed by atoms with E-state index in [-0.39, 0.29) is 5.82 Å². The molecule has 0 unspecified atom stereocenters. The highest BCUT2D eigenvalue weighted by Crippen LogP contribution is 2.27. The summed E-state index contributed by atoms with van der Waals surface area (Å²) < 4.78 is 15.4. The molecule has 0 saturated heterocycles.